The Balaban J connectivity index is 2.36. The second-order valence-electron chi connectivity index (χ2n) is 3.51. The predicted octanol–water partition coefficient (Wildman–Crippen LogP) is 0.827. The van der Waals surface area contributed by atoms with Crippen LogP contribution < -0.4 is 2.79 Å². The van der Waals surface area contributed by atoms with Crippen LogP contribution in [0.1, 0.15) is 12.6 Å². The Bertz CT molecular complexity index is 519. The van der Waals surface area contributed by atoms with Crippen LogP contribution in [0, 0.1) is 0 Å². The molecule has 0 atom stereocenters. The number of ether oxygens (including phenoxy) is 1. The number of nitrogens with zero attached hydrogens (tertiary/aromatic N) is 1. The molecule has 4 heteroatoms. The third-order valence-corrected chi connectivity index (χ3v) is 5.42. The van der Waals surface area contributed by atoms with Crippen molar-refractivity contribution in [3.8, 4) is 0 Å². The molecular weight excluding hydrogens is 318 g/mol. The Morgan fingerprint density at radius 3 is 2.94 bits per heavy atom. The molecule has 0 unspecified atom stereocenters. The van der Waals surface area contributed by atoms with Gasteiger partial charge in [-0.3, -0.25) is 0 Å². The first-order valence-corrected chi connectivity index (χ1v) is 7.45. The number of aryl methyl sites for hydroxylation is 1. The van der Waals surface area contributed by atoms with Gasteiger partial charge < -0.3 is 0 Å². The summed E-state index contributed by atoms with van der Waals surface area (Å²) in [5.74, 6) is -0.131. The average molecular weight is 332 g/mol. The molecule has 0 bridgehead atoms. The fraction of sp³-hybridized carbons (Fsp3) is 0.333. The molecule has 0 fully saturated rings. The van der Waals surface area contributed by atoms with Gasteiger partial charge in [-0.15, -0.1) is 0 Å². The number of carbonyl (C=O) groups is 1. The van der Waals surface area contributed by atoms with E-state index < -0.39 is 0 Å². The molecule has 0 N–H and O–H groups in total. The van der Waals surface area contributed by atoms with E-state index in [0.717, 1.165) is 5.69 Å². The van der Waals surface area contributed by atoms with E-state index in [1.165, 1.54) is 8.79 Å². The SMILES string of the molecule is CCOC(=O)Cc1c2ccccc2[te][n+]1C. The molecule has 84 valence electrons. The Hall–Kier alpha value is -0.850. The molecule has 1 aromatic heterocycles. The number of rotatable bonds is 3. The monoisotopic (exact) mass is 334 g/mol. The number of carbonyl (C=O) groups excluding carboxylic acids is 1. The molecule has 16 heavy (non-hydrogen) atoms. The van der Waals surface area contributed by atoms with Crippen molar-refractivity contribution in [1.29, 1.82) is 0 Å². The molecule has 0 saturated heterocycles. The molecular formula is C12H14NO2Te+. The quantitative estimate of drug-likeness (QED) is 0.616. The van der Waals surface area contributed by atoms with E-state index in [-0.39, 0.29) is 26.7 Å². The second kappa shape index (κ2) is 4.99. The predicted molar refractivity (Wildman–Crippen MR) is 62.4 cm³/mol. The minimum absolute atomic E-state index is 0.131. The zero-order valence-corrected chi connectivity index (χ0v) is 11.7. The summed E-state index contributed by atoms with van der Waals surface area (Å²) < 4.78 is 8.65. The summed E-state index contributed by atoms with van der Waals surface area (Å²) in [6.07, 6.45) is 0.395. The van der Waals surface area contributed by atoms with Crippen molar-refractivity contribution in [3.63, 3.8) is 0 Å². The van der Waals surface area contributed by atoms with Gasteiger partial charge >= 0.3 is 105 Å². The maximum absolute atomic E-state index is 11.5. The van der Waals surface area contributed by atoms with Crippen molar-refractivity contribution in [1.82, 2.24) is 0 Å². The van der Waals surface area contributed by atoms with E-state index in [0.29, 0.717) is 13.0 Å². The summed E-state index contributed by atoms with van der Waals surface area (Å²) in [5.41, 5.74) is 1.12. The Kier molecular flexibility index (Phi) is 3.62. The fourth-order valence-electron chi connectivity index (χ4n) is 1.71. The molecule has 3 nitrogen and oxygen atoms in total. The number of aromatic nitrogens is 1. The molecule has 0 spiro atoms. The van der Waals surface area contributed by atoms with Gasteiger partial charge in [0.05, 0.1) is 0 Å². The third-order valence-electron chi connectivity index (χ3n) is 2.43. The van der Waals surface area contributed by atoms with Gasteiger partial charge in [0.2, 0.25) is 0 Å². The molecule has 2 aromatic rings. The van der Waals surface area contributed by atoms with Crippen LogP contribution in [0.5, 0.6) is 0 Å². The van der Waals surface area contributed by atoms with Crippen LogP contribution in [-0.4, -0.2) is 33.3 Å². The summed E-state index contributed by atoms with van der Waals surface area (Å²) in [5, 5.41) is 1.24. The molecule has 0 saturated carbocycles. The van der Waals surface area contributed by atoms with Crippen molar-refractivity contribution in [2.24, 2.45) is 7.05 Å². The first-order valence-electron chi connectivity index (χ1n) is 5.25. The van der Waals surface area contributed by atoms with Crippen molar-refractivity contribution in [2.75, 3.05) is 6.61 Å². The minimum atomic E-state index is -0.318. The van der Waals surface area contributed by atoms with Crippen LogP contribution in [0.15, 0.2) is 24.3 Å². The summed E-state index contributed by atoms with van der Waals surface area (Å²) in [4.78, 5) is 11.5. The Morgan fingerprint density at radius 1 is 1.44 bits per heavy atom. The van der Waals surface area contributed by atoms with Gasteiger partial charge in [0.15, 0.2) is 0 Å². The van der Waals surface area contributed by atoms with Gasteiger partial charge in [-0.25, -0.2) is 0 Å². The molecule has 0 aliphatic rings. The van der Waals surface area contributed by atoms with Crippen LogP contribution in [0.3, 0.4) is 0 Å². The van der Waals surface area contributed by atoms with Gasteiger partial charge in [-0.05, 0) is 0 Å². The first-order chi connectivity index (χ1) is 7.72. The summed E-state index contributed by atoms with van der Waals surface area (Å²) in [7, 11) is 2.07. The number of fused-ring (bicyclic) bond motifs is 1. The van der Waals surface area contributed by atoms with Crippen LogP contribution in [0.2, 0.25) is 0 Å². The molecule has 1 aromatic carbocycles. The second-order valence-corrected chi connectivity index (χ2v) is 6.85. The van der Waals surface area contributed by atoms with Crippen molar-refractivity contribution >= 4 is 35.5 Å². The van der Waals surface area contributed by atoms with E-state index >= 15 is 0 Å². The molecule has 1 heterocycles. The van der Waals surface area contributed by atoms with Gasteiger partial charge in [-0.2, -0.15) is 0 Å². The molecule has 0 radical (unpaired) electrons. The van der Waals surface area contributed by atoms with Gasteiger partial charge in [0, 0.05) is 0 Å². The van der Waals surface area contributed by atoms with E-state index in [4.69, 9.17) is 4.74 Å². The summed E-state index contributed by atoms with van der Waals surface area (Å²) >= 11 is -0.318. The summed E-state index contributed by atoms with van der Waals surface area (Å²) in [6.45, 7) is 2.29. The number of benzene rings is 1. The van der Waals surface area contributed by atoms with Crippen molar-refractivity contribution in [3.05, 3.63) is 30.0 Å². The van der Waals surface area contributed by atoms with Gasteiger partial charge in [0.1, 0.15) is 0 Å². The zero-order chi connectivity index (χ0) is 11.5. The first kappa shape index (κ1) is 11.6. The maximum atomic E-state index is 11.5. The molecule has 0 amide bonds. The normalized spacial score (nSPS) is 10.6. The van der Waals surface area contributed by atoms with Crippen molar-refractivity contribution < 1.29 is 12.3 Å². The van der Waals surface area contributed by atoms with E-state index in [1.807, 2.05) is 13.0 Å². The molecule has 0 aliphatic heterocycles. The van der Waals surface area contributed by atoms with Gasteiger partial charge in [0.25, 0.3) is 0 Å². The third kappa shape index (κ3) is 2.28. The van der Waals surface area contributed by atoms with E-state index in [2.05, 4.69) is 28.0 Å². The van der Waals surface area contributed by atoms with Crippen LogP contribution in [0.25, 0.3) is 8.79 Å². The van der Waals surface area contributed by atoms with E-state index in [9.17, 15) is 4.79 Å². The summed E-state index contributed by atoms with van der Waals surface area (Å²) in [6, 6.07) is 8.34. The standard InChI is InChI=1S/C12H14NO2Te/c1-3-15-12(14)8-10-9-6-4-5-7-11(9)16-13(10)2/h4-7H,3,8H2,1-2H3/q+1. The fourth-order valence-corrected chi connectivity index (χ4v) is 4.54. The number of hydrogen-bond acceptors (Lipinski definition) is 2. The average Bonchev–Trinajstić information content (AvgIpc) is 2.56. The van der Waals surface area contributed by atoms with Crippen LogP contribution in [-0.2, 0) is 23.0 Å². The van der Waals surface area contributed by atoms with Crippen LogP contribution in [0.4, 0.5) is 0 Å². The van der Waals surface area contributed by atoms with Gasteiger partial charge in [-0.1, -0.05) is 0 Å². The molecule has 2 rings (SSSR count). The zero-order valence-electron chi connectivity index (χ0n) is 9.40. The Labute approximate surface area is 105 Å². The van der Waals surface area contributed by atoms with Crippen LogP contribution >= 0.6 is 0 Å². The number of esters is 1. The topological polar surface area (TPSA) is 30.2 Å². The van der Waals surface area contributed by atoms with E-state index in [1.54, 1.807) is 0 Å². The van der Waals surface area contributed by atoms with Crippen molar-refractivity contribution in [2.45, 2.75) is 13.3 Å². The molecule has 0 aliphatic carbocycles. The number of hydrogen-bond donors (Lipinski definition) is 0. The Morgan fingerprint density at radius 2 is 2.19 bits per heavy atom.